The van der Waals surface area contributed by atoms with Crippen molar-refractivity contribution in [1.29, 1.82) is 0 Å². The largest absolute Gasteiger partial charge is 0.491 e. The van der Waals surface area contributed by atoms with E-state index in [1.165, 1.54) is 10.9 Å². The molecule has 0 radical (unpaired) electrons. The highest BCUT2D eigenvalue weighted by atomic mass is 16.8. The minimum absolute atomic E-state index is 0.196. The summed E-state index contributed by atoms with van der Waals surface area (Å²) in [5.74, 6) is -0.0956. The van der Waals surface area contributed by atoms with E-state index in [-0.39, 0.29) is 6.10 Å². The third kappa shape index (κ3) is 4.56. The molecule has 1 fully saturated rings. The van der Waals surface area contributed by atoms with Gasteiger partial charge in [0, 0.05) is 18.0 Å². The Kier molecular flexibility index (Phi) is 5.78. The van der Waals surface area contributed by atoms with Crippen LogP contribution in [0.15, 0.2) is 116 Å². The first-order chi connectivity index (χ1) is 17.3. The number of benzene rings is 4. The number of hydrogen-bond donors (Lipinski definition) is 0. The molecule has 0 bridgehead atoms. The van der Waals surface area contributed by atoms with E-state index in [0.29, 0.717) is 19.8 Å². The summed E-state index contributed by atoms with van der Waals surface area (Å²) < 4.78 is 21.0. The van der Waals surface area contributed by atoms with Gasteiger partial charge in [-0.05, 0) is 40.1 Å². The molecule has 4 aromatic carbocycles. The van der Waals surface area contributed by atoms with Crippen LogP contribution in [-0.4, -0.2) is 28.9 Å². The van der Waals surface area contributed by atoms with Crippen LogP contribution < -0.4 is 4.74 Å². The number of nitrogens with zero attached hydrogens (tertiary/aromatic N) is 2. The molecule has 0 N–H and O–H groups in total. The van der Waals surface area contributed by atoms with Crippen molar-refractivity contribution >= 4 is 10.8 Å². The van der Waals surface area contributed by atoms with Gasteiger partial charge >= 0.3 is 0 Å². The zero-order valence-electron chi connectivity index (χ0n) is 19.3. The third-order valence-electron chi connectivity index (χ3n) is 6.40. The van der Waals surface area contributed by atoms with E-state index in [4.69, 9.17) is 14.2 Å². The van der Waals surface area contributed by atoms with Crippen molar-refractivity contribution < 1.29 is 14.2 Å². The highest BCUT2D eigenvalue weighted by molar-refractivity contribution is 5.83. The lowest BCUT2D eigenvalue weighted by molar-refractivity contribution is -0.189. The van der Waals surface area contributed by atoms with Crippen molar-refractivity contribution in [3.05, 3.63) is 121 Å². The van der Waals surface area contributed by atoms with Crippen LogP contribution in [-0.2, 0) is 21.8 Å². The van der Waals surface area contributed by atoms with E-state index in [0.717, 1.165) is 22.3 Å². The highest BCUT2D eigenvalue weighted by Crippen LogP contribution is 2.37. The monoisotopic (exact) mass is 462 g/mol. The van der Waals surface area contributed by atoms with Crippen molar-refractivity contribution in [3.63, 3.8) is 0 Å². The van der Waals surface area contributed by atoms with Gasteiger partial charge < -0.3 is 18.8 Å². The molecule has 5 nitrogen and oxygen atoms in total. The lowest BCUT2D eigenvalue weighted by atomic mass is 10.0. The van der Waals surface area contributed by atoms with Crippen molar-refractivity contribution in [2.24, 2.45) is 0 Å². The lowest BCUT2D eigenvalue weighted by Crippen LogP contribution is -2.34. The zero-order chi connectivity index (χ0) is 23.5. The molecule has 5 heteroatoms. The van der Waals surface area contributed by atoms with Crippen LogP contribution in [0.4, 0.5) is 0 Å². The fourth-order valence-electron chi connectivity index (χ4n) is 4.58. The van der Waals surface area contributed by atoms with Crippen LogP contribution in [0, 0.1) is 0 Å². The predicted molar refractivity (Wildman–Crippen MR) is 136 cm³/mol. The second kappa shape index (κ2) is 9.37. The Labute approximate surface area is 204 Å². The summed E-state index contributed by atoms with van der Waals surface area (Å²) in [5.41, 5.74) is 3.33. The Hall–Kier alpha value is -3.93. The Morgan fingerprint density at radius 3 is 2.43 bits per heavy atom. The number of imidazole rings is 1. The first-order valence-corrected chi connectivity index (χ1v) is 11.8. The molecule has 174 valence electrons. The topological polar surface area (TPSA) is 45.5 Å². The second-order valence-corrected chi connectivity index (χ2v) is 8.80. The van der Waals surface area contributed by atoms with Gasteiger partial charge in [-0.3, -0.25) is 0 Å². The van der Waals surface area contributed by atoms with Crippen molar-refractivity contribution in [2.75, 3.05) is 13.2 Å². The summed E-state index contributed by atoms with van der Waals surface area (Å²) in [7, 11) is 0. The molecule has 0 unspecified atom stereocenters. The molecule has 1 saturated heterocycles. The normalized spacial score (nSPS) is 19.7. The van der Waals surface area contributed by atoms with Crippen LogP contribution >= 0.6 is 0 Å². The third-order valence-corrected chi connectivity index (χ3v) is 6.40. The maximum Gasteiger partial charge on any atom is 0.214 e. The summed E-state index contributed by atoms with van der Waals surface area (Å²) >= 11 is 0. The number of hydrogen-bond acceptors (Lipinski definition) is 4. The Balaban J connectivity index is 1.19. The van der Waals surface area contributed by atoms with E-state index in [1.54, 1.807) is 12.5 Å². The first-order valence-electron chi connectivity index (χ1n) is 11.8. The average molecular weight is 463 g/mol. The van der Waals surface area contributed by atoms with Gasteiger partial charge in [-0.1, -0.05) is 78.9 Å². The Bertz CT molecular complexity index is 1400. The van der Waals surface area contributed by atoms with Crippen LogP contribution in [0.25, 0.3) is 21.9 Å². The second-order valence-electron chi connectivity index (χ2n) is 8.80. The number of fused-ring (bicyclic) bond motifs is 1. The van der Waals surface area contributed by atoms with E-state index < -0.39 is 5.79 Å². The zero-order valence-corrected chi connectivity index (χ0v) is 19.3. The van der Waals surface area contributed by atoms with Crippen LogP contribution in [0.3, 0.4) is 0 Å². The number of ether oxygens (including phenoxy) is 3. The van der Waals surface area contributed by atoms with Crippen molar-refractivity contribution in [2.45, 2.75) is 18.4 Å². The molecule has 1 aromatic heterocycles. The highest BCUT2D eigenvalue weighted by Gasteiger charge is 2.44. The minimum Gasteiger partial charge on any atom is -0.491 e. The van der Waals surface area contributed by atoms with Gasteiger partial charge in [-0.15, -0.1) is 0 Å². The van der Waals surface area contributed by atoms with Crippen molar-refractivity contribution in [1.82, 2.24) is 9.55 Å². The average Bonchev–Trinajstić information content (AvgIpc) is 3.59. The van der Waals surface area contributed by atoms with Crippen LogP contribution in [0.5, 0.6) is 5.75 Å². The molecule has 0 spiro atoms. The van der Waals surface area contributed by atoms with Gasteiger partial charge in [0.05, 0.1) is 19.5 Å². The molecule has 1 aliphatic rings. The summed E-state index contributed by atoms with van der Waals surface area (Å²) in [6.45, 7) is 1.36. The molecule has 0 saturated carbocycles. The van der Waals surface area contributed by atoms with Gasteiger partial charge in [0.2, 0.25) is 5.79 Å². The fraction of sp³-hybridized carbons (Fsp3) is 0.167. The molecule has 2 heterocycles. The molecular weight excluding hydrogens is 436 g/mol. The van der Waals surface area contributed by atoms with Gasteiger partial charge in [0.15, 0.2) is 0 Å². The Morgan fingerprint density at radius 2 is 1.63 bits per heavy atom. The minimum atomic E-state index is -0.907. The molecular formula is C30H26N2O3. The SMILES string of the molecule is c1ccc(-c2ccc(OC[C@@H]3CO[C@@](Cn4ccnc4)(c4ccc5ccccc5c4)O3)cc2)cc1. The smallest absolute Gasteiger partial charge is 0.214 e. The summed E-state index contributed by atoms with van der Waals surface area (Å²) in [5, 5.41) is 2.34. The molecule has 6 rings (SSSR count). The van der Waals surface area contributed by atoms with E-state index in [2.05, 4.69) is 59.6 Å². The molecule has 0 aliphatic carbocycles. The maximum absolute atomic E-state index is 6.58. The van der Waals surface area contributed by atoms with E-state index >= 15 is 0 Å². The predicted octanol–water partition coefficient (Wildman–Crippen LogP) is 6.05. The van der Waals surface area contributed by atoms with Gasteiger partial charge in [0.25, 0.3) is 0 Å². The first kappa shape index (κ1) is 21.6. The number of rotatable bonds is 7. The summed E-state index contributed by atoms with van der Waals surface area (Å²) in [6.07, 6.45) is 5.28. The van der Waals surface area contributed by atoms with Gasteiger partial charge in [0.1, 0.15) is 18.5 Å². The molecule has 5 aromatic rings. The maximum atomic E-state index is 6.58. The fourth-order valence-corrected chi connectivity index (χ4v) is 4.58. The standard InChI is InChI=1S/C30H26N2O3/c1-2-6-23(7-3-1)25-11-14-28(15-12-25)33-19-29-20-34-30(35-29,21-32-17-16-31-22-32)27-13-10-24-8-4-5-9-26(24)18-27/h1-18,22,29H,19-21H2/t29-,30-/m1/s1. The van der Waals surface area contributed by atoms with Crippen LogP contribution in [0.1, 0.15) is 5.56 Å². The Morgan fingerprint density at radius 1 is 0.857 bits per heavy atom. The van der Waals surface area contributed by atoms with E-state index in [9.17, 15) is 0 Å². The molecule has 1 aliphatic heterocycles. The number of aromatic nitrogens is 2. The molecule has 35 heavy (non-hydrogen) atoms. The quantitative estimate of drug-likeness (QED) is 0.295. The molecule has 2 atom stereocenters. The summed E-state index contributed by atoms with van der Waals surface area (Å²) in [6, 6.07) is 33.1. The van der Waals surface area contributed by atoms with Gasteiger partial charge in [-0.25, -0.2) is 4.98 Å². The van der Waals surface area contributed by atoms with Crippen LogP contribution in [0.2, 0.25) is 0 Å². The van der Waals surface area contributed by atoms with Gasteiger partial charge in [-0.2, -0.15) is 0 Å². The van der Waals surface area contributed by atoms with Crippen molar-refractivity contribution in [3.8, 4) is 16.9 Å². The summed E-state index contributed by atoms with van der Waals surface area (Å²) in [4.78, 5) is 4.19. The van der Waals surface area contributed by atoms with E-state index in [1.807, 2.05) is 53.2 Å². The molecule has 0 amide bonds. The lowest BCUT2D eigenvalue weighted by Gasteiger charge is -2.29.